The first kappa shape index (κ1) is 15.0. The molecule has 1 aliphatic rings. The van der Waals surface area contributed by atoms with Gasteiger partial charge in [0.25, 0.3) is 5.91 Å². The first-order valence-electron chi connectivity index (χ1n) is 6.85. The van der Waals surface area contributed by atoms with Crippen molar-refractivity contribution < 1.29 is 14.7 Å². The molecule has 1 fully saturated rings. The van der Waals surface area contributed by atoms with Crippen LogP contribution in [-0.4, -0.2) is 59.0 Å². The number of amides is 2. The summed E-state index contributed by atoms with van der Waals surface area (Å²) in [5.74, 6) is 0.107. The number of nitrogens with zero attached hydrogens (tertiary/aromatic N) is 2. The first-order valence-corrected chi connectivity index (χ1v) is 7.79. The third-order valence-corrected chi connectivity index (χ3v) is 4.15. The van der Waals surface area contributed by atoms with E-state index in [2.05, 4.69) is 0 Å². The predicted octanol–water partition coefficient (Wildman–Crippen LogP) is 1.19. The van der Waals surface area contributed by atoms with Gasteiger partial charge in [-0.3, -0.25) is 9.59 Å². The second-order valence-electron chi connectivity index (χ2n) is 5.07. The minimum Gasteiger partial charge on any atom is -0.393 e. The van der Waals surface area contributed by atoms with E-state index in [4.69, 9.17) is 0 Å². The molecule has 0 saturated carbocycles. The molecule has 1 aliphatic heterocycles. The molecule has 1 aromatic heterocycles. The van der Waals surface area contributed by atoms with Crippen molar-refractivity contribution in [3.05, 3.63) is 22.4 Å². The van der Waals surface area contributed by atoms with Crippen LogP contribution in [0.5, 0.6) is 0 Å². The molecule has 6 heteroatoms. The Morgan fingerprint density at radius 1 is 1.30 bits per heavy atom. The number of carbonyl (C=O) groups excluding carboxylic acids is 2. The minimum atomic E-state index is -0.444. The molecule has 0 bridgehead atoms. The van der Waals surface area contributed by atoms with E-state index < -0.39 is 6.10 Å². The fraction of sp³-hybridized carbons (Fsp3) is 0.571. The molecule has 20 heavy (non-hydrogen) atoms. The summed E-state index contributed by atoms with van der Waals surface area (Å²) in [6.45, 7) is 4.00. The van der Waals surface area contributed by atoms with E-state index >= 15 is 0 Å². The molecule has 1 unspecified atom stereocenters. The quantitative estimate of drug-likeness (QED) is 0.908. The lowest BCUT2D eigenvalue weighted by Gasteiger charge is -2.34. The Morgan fingerprint density at radius 3 is 2.50 bits per heavy atom. The van der Waals surface area contributed by atoms with Crippen LogP contribution >= 0.6 is 11.3 Å². The minimum absolute atomic E-state index is 0.0438. The molecule has 2 heterocycles. The smallest absolute Gasteiger partial charge is 0.254 e. The fourth-order valence-electron chi connectivity index (χ4n) is 2.22. The maximum absolute atomic E-state index is 12.1. The lowest BCUT2D eigenvalue weighted by molar-refractivity contribution is -0.133. The molecule has 1 aromatic rings. The molecule has 1 N–H and O–H groups in total. The van der Waals surface area contributed by atoms with Gasteiger partial charge < -0.3 is 14.9 Å². The number of carbonyl (C=O) groups is 2. The van der Waals surface area contributed by atoms with Gasteiger partial charge in [0.1, 0.15) is 0 Å². The summed E-state index contributed by atoms with van der Waals surface area (Å²) in [5.41, 5.74) is 0.726. The van der Waals surface area contributed by atoms with Crippen LogP contribution in [0.15, 0.2) is 16.8 Å². The van der Waals surface area contributed by atoms with Gasteiger partial charge in [-0.25, -0.2) is 0 Å². The summed E-state index contributed by atoms with van der Waals surface area (Å²) in [4.78, 5) is 27.6. The predicted molar refractivity (Wildman–Crippen MR) is 77.7 cm³/mol. The molecule has 0 aromatic carbocycles. The molecular weight excluding hydrogens is 276 g/mol. The third kappa shape index (κ3) is 3.80. The maximum Gasteiger partial charge on any atom is 0.254 e. The van der Waals surface area contributed by atoms with Crippen molar-refractivity contribution in [2.24, 2.45) is 0 Å². The number of rotatable bonds is 4. The molecular formula is C14H20N2O3S. The van der Waals surface area contributed by atoms with Gasteiger partial charge in [0.2, 0.25) is 5.91 Å². The number of piperazine rings is 1. The largest absolute Gasteiger partial charge is 0.393 e. The number of aliphatic hydroxyl groups excluding tert-OH is 1. The van der Waals surface area contributed by atoms with Crippen molar-refractivity contribution in [3.8, 4) is 0 Å². The van der Waals surface area contributed by atoms with E-state index in [0.717, 1.165) is 5.56 Å². The molecule has 5 nitrogen and oxygen atoms in total. The molecule has 0 spiro atoms. The Hall–Kier alpha value is -1.40. The average molecular weight is 296 g/mol. The zero-order valence-electron chi connectivity index (χ0n) is 11.6. The fourth-order valence-corrected chi connectivity index (χ4v) is 2.85. The Kier molecular flexibility index (Phi) is 5.14. The lowest BCUT2D eigenvalue weighted by atomic mass is 10.2. The highest BCUT2D eigenvalue weighted by atomic mass is 32.1. The highest BCUT2D eigenvalue weighted by Gasteiger charge is 2.24. The van der Waals surface area contributed by atoms with Crippen molar-refractivity contribution in [2.45, 2.75) is 25.9 Å². The maximum atomic E-state index is 12.1. The van der Waals surface area contributed by atoms with Gasteiger partial charge in [0.15, 0.2) is 0 Å². The Morgan fingerprint density at radius 2 is 1.95 bits per heavy atom. The SMILES string of the molecule is CC(O)CCC(=O)N1CCN(C(=O)c2ccsc2)CC1. The van der Waals surface area contributed by atoms with Gasteiger partial charge >= 0.3 is 0 Å². The summed E-state index contributed by atoms with van der Waals surface area (Å²) in [6, 6.07) is 1.83. The Labute approximate surface area is 122 Å². The highest BCUT2D eigenvalue weighted by Crippen LogP contribution is 2.13. The van der Waals surface area contributed by atoms with E-state index in [1.54, 1.807) is 16.7 Å². The summed E-state index contributed by atoms with van der Waals surface area (Å²) >= 11 is 1.51. The van der Waals surface area contributed by atoms with Gasteiger partial charge in [0.05, 0.1) is 11.7 Å². The first-order chi connectivity index (χ1) is 9.58. The number of hydrogen-bond acceptors (Lipinski definition) is 4. The van der Waals surface area contributed by atoms with E-state index in [0.29, 0.717) is 39.0 Å². The number of hydrogen-bond donors (Lipinski definition) is 1. The van der Waals surface area contributed by atoms with Crippen LogP contribution in [0.4, 0.5) is 0 Å². The molecule has 2 amide bonds. The van der Waals surface area contributed by atoms with Crippen LogP contribution in [0.3, 0.4) is 0 Å². The second-order valence-corrected chi connectivity index (χ2v) is 5.85. The van der Waals surface area contributed by atoms with Crippen molar-refractivity contribution >= 4 is 23.2 Å². The summed E-state index contributed by atoms with van der Waals surface area (Å²) < 4.78 is 0. The van der Waals surface area contributed by atoms with Crippen LogP contribution in [0.25, 0.3) is 0 Å². The van der Waals surface area contributed by atoms with E-state index in [-0.39, 0.29) is 11.8 Å². The lowest BCUT2D eigenvalue weighted by Crippen LogP contribution is -2.50. The average Bonchev–Trinajstić information content (AvgIpc) is 2.98. The van der Waals surface area contributed by atoms with Gasteiger partial charge in [-0.15, -0.1) is 0 Å². The van der Waals surface area contributed by atoms with Gasteiger partial charge in [0, 0.05) is 38.0 Å². The van der Waals surface area contributed by atoms with Crippen LogP contribution < -0.4 is 0 Å². The Balaban J connectivity index is 1.80. The van der Waals surface area contributed by atoms with Crippen molar-refractivity contribution in [1.29, 1.82) is 0 Å². The van der Waals surface area contributed by atoms with Gasteiger partial charge in [-0.2, -0.15) is 11.3 Å². The van der Waals surface area contributed by atoms with Crippen molar-refractivity contribution in [3.63, 3.8) is 0 Å². The van der Waals surface area contributed by atoms with E-state index in [1.165, 1.54) is 11.3 Å². The summed E-state index contributed by atoms with van der Waals surface area (Å²) in [7, 11) is 0. The monoisotopic (exact) mass is 296 g/mol. The number of thiophene rings is 1. The standard InChI is InChI=1S/C14H20N2O3S/c1-11(17)2-3-13(18)15-5-7-16(8-6-15)14(19)12-4-9-20-10-12/h4,9-11,17H,2-3,5-8H2,1H3. The Bertz CT molecular complexity index is 451. The van der Waals surface area contributed by atoms with Crippen LogP contribution in [0.1, 0.15) is 30.1 Å². The summed E-state index contributed by atoms with van der Waals surface area (Å²) in [5, 5.41) is 12.9. The van der Waals surface area contributed by atoms with Crippen molar-refractivity contribution in [2.75, 3.05) is 26.2 Å². The molecule has 110 valence electrons. The zero-order valence-corrected chi connectivity index (χ0v) is 12.4. The molecule has 0 aliphatic carbocycles. The topological polar surface area (TPSA) is 60.9 Å². The van der Waals surface area contributed by atoms with Crippen molar-refractivity contribution in [1.82, 2.24) is 9.80 Å². The van der Waals surface area contributed by atoms with Gasteiger partial charge in [-0.1, -0.05) is 0 Å². The van der Waals surface area contributed by atoms with E-state index in [9.17, 15) is 14.7 Å². The molecule has 1 atom stereocenters. The van der Waals surface area contributed by atoms with Gasteiger partial charge in [-0.05, 0) is 24.8 Å². The van der Waals surface area contributed by atoms with Crippen LogP contribution in [0.2, 0.25) is 0 Å². The molecule has 0 radical (unpaired) electrons. The summed E-state index contributed by atoms with van der Waals surface area (Å²) in [6.07, 6.45) is 0.420. The van der Waals surface area contributed by atoms with Crippen LogP contribution in [-0.2, 0) is 4.79 Å². The molecule has 1 saturated heterocycles. The second kappa shape index (κ2) is 6.85. The van der Waals surface area contributed by atoms with E-state index in [1.807, 2.05) is 16.8 Å². The van der Waals surface area contributed by atoms with Crippen LogP contribution in [0, 0.1) is 0 Å². The zero-order chi connectivity index (χ0) is 14.5. The normalized spacial score (nSPS) is 17.1. The number of aliphatic hydroxyl groups is 1. The highest BCUT2D eigenvalue weighted by molar-refractivity contribution is 7.08. The third-order valence-electron chi connectivity index (χ3n) is 3.46. The molecule has 2 rings (SSSR count).